The maximum atomic E-state index is 11.1. The van der Waals surface area contributed by atoms with Gasteiger partial charge in [-0.1, -0.05) is 42.0 Å². The van der Waals surface area contributed by atoms with Gasteiger partial charge in [-0.25, -0.2) is 0 Å². The third-order valence-corrected chi connectivity index (χ3v) is 7.46. The van der Waals surface area contributed by atoms with Crippen molar-refractivity contribution in [2.45, 2.75) is 24.9 Å². The molecule has 48 heavy (non-hydrogen) atoms. The topological polar surface area (TPSA) is 217 Å². The second-order valence-electron chi connectivity index (χ2n) is 10.5. The van der Waals surface area contributed by atoms with Crippen molar-refractivity contribution in [2.24, 2.45) is 11.5 Å². The number of hydrogen-bond donors (Lipinski definition) is 7. The van der Waals surface area contributed by atoms with Crippen LogP contribution in [-0.2, 0) is 22.4 Å². The van der Waals surface area contributed by atoms with E-state index in [1.165, 1.54) is 23.7 Å². The fourth-order valence-electron chi connectivity index (χ4n) is 5.09. The highest BCUT2D eigenvalue weighted by Crippen LogP contribution is 2.31. The number of terminal acetylenes is 3. The first-order valence-electron chi connectivity index (χ1n) is 14.3. The number of para-hydroxylation sites is 2. The Morgan fingerprint density at radius 1 is 0.750 bits per heavy atom. The number of carboxylic acids is 2. The predicted molar refractivity (Wildman–Crippen MR) is 184 cm³/mol. The van der Waals surface area contributed by atoms with Crippen molar-refractivity contribution in [3.8, 4) is 37.0 Å². The normalized spacial score (nSPS) is 11.6. The van der Waals surface area contributed by atoms with Gasteiger partial charge in [-0.05, 0) is 35.4 Å². The number of fused-ring (bicyclic) bond motifs is 3. The van der Waals surface area contributed by atoms with Gasteiger partial charge in [0.2, 0.25) is 0 Å². The number of aromatic nitrogens is 3. The van der Waals surface area contributed by atoms with Gasteiger partial charge in [-0.3, -0.25) is 19.7 Å². The standard InChI is InChI=1S/C13H11N3O4.C13H12N2O2.C10H7N/c1-2-7-3-4-10(16(19)20)11-8(6-15-12(7)11)5-9(14)13(17)18;1-2-8-4-3-5-10-9(7-15-12(8)10)6-11(14)13(16)17;1-2-8-4-3-5-9-6-7-11-10(8)9/h1,3-4,6,9,15H,5,14H2,(H,17,18);1,3-5,7,11,15H,6,14H2,(H,16,17);1,3-7,11H/t9-;11-;/m00./s1. The number of nitrogens with zero attached hydrogens (tertiary/aromatic N) is 1. The summed E-state index contributed by atoms with van der Waals surface area (Å²) in [6.07, 6.45) is 21.4. The van der Waals surface area contributed by atoms with E-state index in [0.29, 0.717) is 22.0 Å². The van der Waals surface area contributed by atoms with Crippen molar-refractivity contribution in [2.75, 3.05) is 0 Å². The second-order valence-corrected chi connectivity index (χ2v) is 10.5. The molecular weight excluding hydrogens is 612 g/mol. The van der Waals surface area contributed by atoms with E-state index in [1.54, 1.807) is 6.20 Å². The number of aromatic amines is 3. The number of benzene rings is 3. The summed E-state index contributed by atoms with van der Waals surface area (Å²) in [5.74, 6) is 5.45. The van der Waals surface area contributed by atoms with Crippen molar-refractivity contribution in [3.05, 3.63) is 111 Å². The number of aliphatic carboxylic acids is 2. The summed E-state index contributed by atoms with van der Waals surface area (Å²) in [6.45, 7) is 0. The summed E-state index contributed by atoms with van der Waals surface area (Å²) >= 11 is 0. The number of rotatable bonds is 7. The molecule has 12 nitrogen and oxygen atoms in total. The summed E-state index contributed by atoms with van der Waals surface area (Å²) in [7, 11) is 0. The highest BCUT2D eigenvalue weighted by atomic mass is 16.6. The molecule has 0 aliphatic carbocycles. The molecule has 3 heterocycles. The molecule has 9 N–H and O–H groups in total. The van der Waals surface area contributed by atoms with Crippen LogP contribution in [0.4, 0.5) is 5.69 Å². The molecule has 3 aromatic carbocycles. The molecule has 2 atom stereocenters. The van der Waals surface area contributed by atoms with Gasteiger partial charge in [0.1, 0.15) is 12.1 Å². The lowest BCUT2D eigenvalue weighted by Crippen LogP contribution is -2.32. The molecule has 6 aromatic rings. The predicted octanol–water partition coefficient (Wildman–Crippen LogP) is 4.26. The molecule has 0 radical (unpaired) electrons. The van der Waals surface area contributed by atoms with Gasteiger partial charge < -0.3 is 36.6 Å². The molecule has 0 spiro atoms. The van der Waals surface area contributed by atoms with Crippen LogP contribution in [0.5, 0.6) is 0 Å². The zero-order chi connectivity index (χ0) is 35.0. The maximum absolute atomic E-state index is 11.1. The first-order chi connectivity index (χ1) is 23.0. The molecule has 6 rings (SSSR count). The number of nitro benzene ring substituents is 1. The highest BCUT2D eigenvalue weighted by molar-refractivity contribution is 5.96. The second kappa shape index (κ2) is 15.0. The van der Waals surface area contributed by atoms with Crippen LogP contribution in [0, 0.1) is 47.1 Å². The van der Waals surface area contributed by atoms with Gasteiger partial charge in [0, 0.05) is 65.0 Å². The zero-order valence-corrected chi connectivity index (χ0v) is 25.4. The van der Waals surface area contributed by atoms with Crippen LogP contribution in [0.2, 0.25) is 0 Å². The fraction of sp³-hybridized carbons (Fsp3) is 0.111. The van der Waals surface area contributed by atoms with E-state index < -0.39 is 28.9 Å². The van der Waals surface area contributed by atoms with Crippen LogP contribution in [0.25, 0.3) is 32.7 Å². The Balaban J connectivity index is 0.000000169. The minimum absolute atomic E-state index is 0.0236. The minimum atomic E-state index is -1.17. The minimum Gasteiger partial charge on any atom is -0.480 e. The van der Waals surface area contributed by atoms with E-state index in [0.717, 1.165) is 33.1 Å². The van der Waals surface area contributed by atoms with Gasteiger partial charge >= 0.3 is 11.9 Å². The van der Waals surface area contributed by atoms with Crippen LogP contribution < -0.4 is 11.5 Å². The molecule has 3 aromatic heterocycles. The molecule has 0 aliphatic rings. The zero-order valence-electron chi connectivity index (χ0n) is 25.4. The Bertz CT molecular complexity index is 2270. The molecular formula is C36H30N6O6. The molecule has 12 heteroatoms. The van der Waals surface area contributed by atoms with Gasteiger partial charge in [0.25, 0.3) is 5.69 Å². The van der Waals surface area contributed by atoms with Gasteiger partial charge in [-0.15, -0.1) is 19.3 Å². The van der Waals surface area contributed by atoms with Gasteiger partial charge in [0.15, 0.2) is 0 Å². The molecule has 0 fully saturated rings. The molecule has 0 bridgehead atoms. The Morgan fingerprint density at radius 3 is 1.90 bits per heavy atom. The summed E-state index contributed by atoms with van der Waals surface area (Å²) in [5, 5.41) is 31.1. The van der Waals surface area contributed by atoms with Crippen molar-refractivity contribution in [3.63, 3.8) is 0 Å². The summed E-state index contributed by atoms with van der Waals surface area (Å²) < 4.78 is 0. The van der Waals surface area contributed by atoms with Crippen molar-refractivity contribution in [1.29, 1.82) is 0 Å². The number of nitrogens with two attached hydrogens (primary N) is 2. The van der Waals surface area contributed by atoms with Crippen LogP contribution in [0.1, 0.15) is 27.8 Å². The largest absolute Gasteiger partial charge is 0.480 e. The Labute approximate surface area is 274 Å². The molecule has 0 unspecified atom stereocenters. The summed E-state index contributed by atoms with van der Waals surface area (Å²) in [5.41, 5.74) is 16.7. The quantitative estimate of drug-likeness (QED) is 0.0756. The first-order valence-corrected chi connectivity index (χ1v) is 14.3. The lowest BCUT2D eigenvalue weighted by atomic mass is 10.0. The van der Waals surface area contributed by atoms with E-state index >= 15 is 0 Å². The van der Waals surface area contributed by atoms with Gasteiger partial charge in [-0.2, -0.15) is 0 Å². The number of nitro groups is 1. The average Bonchev–Trinajstić information content (AvgIpc) is 3.84. The van der Waals surface area contributed by atoms with E-state index in [4.69, 9.17) is 41.0 Å². The van der Waals surface area contributed by atoms with E-state index in [-0.39, 0.29) is 18.5 Å². The van der Waals surface area contributed by atoms with E-state index in [9.17, 15) is 19.7 Å². The van der Waals surface area contributed by atoms with Crippen LogP contribution >= 0.6 is 0 Å². The van der Waals surface area contributed by atoms with E-state index in [2.05, 4.69) is 32.7 Å². The third kappa shape index (κ3) is 7.36. The van der Waals surface area contributed by atoms with Crippen LogP contribution in [0.15, 0.2) is 73.2 Å². The number of carbonyl (C=O) groups is 2. The molecule has 0 saturated carbocycles. The van der Waals surface area contributed by atoms with Crippen molar-refractivity contribution in [1.82, 2.24) is 15.0 Å². The van der Waals surface area contributed by atoms with Crippen molar-refractivity contribution >= 4 is 50.3 Å². The number of carboxylic acid groups (broad SMARTS) is 2. The SMILES string of the molecule is C#Cc1ccc([N+](=O)[O-])c2c(C[C@H](N)C(=O)O)c[nH]c12.C#Cc1cccc2c(C[C@H](N)C(=O)O)c[nH]c12.C#Cc1cccc2cc[nH]c12. The molecule has 0 amide bonds. The Kier molecular flexibility index (Phi) is 10.7. The number of hydrogen-bond acceptors (Lipinski definition) is 6. The molecule has 240 valence electrons. The lowest BCUT2D eigenvalue weighted by molar-refractivity contribution is -0.383. The van der Waals surface area contributed by atoms with Gasteiger partial charge in [0.05, 0.1) is 26.9 Å². The van der Waals surface area contributed by atoms with E-state index in [1.807, 2.05) is 48.7 Å². The first kappa shape index (κ1) is 34.1. The van der Waals surface area contributed by atoms with Crippen LogP contribution in [0.3, 0.4) is 0 Å². The molecule has 0 saturated heterocycles. The van der Waals surface area contributed by atoms with Crippen LogP contribution in [-0.4, -0.2) is 54.1 Å². The monoisotopic (exact) mass is 642 g/mol. The number of nitrogens with one attached hydrogen (secondary N) is 3. The Morgan fingerprint density at radius 2 is 1.29 bits per heavy atom. The van der Waals surface area contributed by atoms with Crippen molar-refractivity contribution < 1.29 is 24.7 Å². The maximum Gasteiger partial charge on any atom is 0.320 e. The smallest absolute Gasteiger partial charge is 0.320 e. The Hall–Kier alpha value is -6.78. The number of non-ortho nitro benzene ring substituents is 1. The highest BCUT2D eigenvalue weighted by Gasteiger charge is 2.22. The number of H-pyrrole nitrogens is 3. The molecule has 0 aliphatic heterocycles. The third-order valence-electron chi connectivity index (χ3n) is 7.46. The average molecular weight is 643 g/mol. The lowest BCUT2D eigenvalue weighted by Gasteiger charge is -2.05. The fourth-order valence-corrected chi connectivity index (χ4v) is 5.09. The summed E-state index contributed by atoms with van der Waals surface area (Å²) in [6, 6.07) is 14.3. The summed E-state index contributed by atoms with van der Waals surface area (Å²) in [4.78, 5) is 41.1.